The average molecular weight is 418 g/mol. The summed E-state index contributed by atoms with van der Waals surface area (Å²) in [6, 6.07) is 28.2. The molecule has 3 rings (SSSR count). The van der Waals surface area contributed by atoms with Gasteiger partial charge in [-0.1, -0.05) is 92.7 Å². The Morgan fingerprint density at radius 2 is 1.37 bits per heavy atom. The summed E-state index contributed by atoms with van der Waals surface area (Å²) in [6.45, 7) is 3.88. The molecule has 0 heterocycles. The van der Waals surface area contributed by atoms with Gasteiger partial charge in [-0.05, 0) is 42.7 Å². The van der Waals surface area contributed by atoms with E-state index < -0.39 is 14.0 Å². The first-order valence-corrected chi connectivity index (χ1v) is 11.7. The third-order valence-electron chi connectivity index (χ3n) is 5.18. The van der Waals surface area contributed by atoms with Gasteiger partial charge < -0.3 is 9.53 Å². The lowest BCUT2D eigenvalue weighted by Gasteiger charge is -2.24. The van der Waals surface area contributed by atoms with Crippen molar-refractivity contribution in [3.63, 3.8) is 0 Å². The van der Waals surface area contributed by atoms with E-state index in [2.05, 4.69) is 24.3 Å². The van der Waals surface area contributed by atoms with Gasteiger partial charge >= 0.3 is 5.97 Å². The van der Waals surface area contributed by atoms with Gasteiger partial charge in [0, 0.05) is 0 Å². The number of carbonyl (C=O) groups is 2. The average Bonchev–Trinajstić information content (AvgIpc) is 2.81. The molecule has 0 radical (unpaired) electrons. The van der Waals surface area contributed by atoms with Crippen LogP contribution in [0.15, 0.2) is 84.9 Å². The van der Waals surface area contributed by atoms with Crippen molar-refractivity contribution >= 4 is 36.1 Å². The van der Waals surface area contributed by atoms with Crippen LogP contribution in [-0.2, 0) is 9.53 Å². The summed E-state index contributed by atoms with van der Waals surface area (Å²) in [7, 11) is -0.921. The first kappa shape index (κ1) is 21.9. The number of hydrogen-bond donors (Lipinski definition) is 0. The molecule has 0 aliphatic carbocycles. The number of hydrogen-bond acceptors (Lipinski definition) is 3. The molecule has 0 aromatic heterocycles. The predicted molar refractivity (Wildman–Crippen MR) is 124 cm³/mol. The van der Waals surface area contributed by atoms with E-state index in [1.165, 1.54) is 10.6 Å². The van der Waals surface area contributed by atoms with Crippen LogP contribution in [0.2, 0.25) is 0 Å². The molecular formula is C26H27O3P. The van der Waals surface area contributed by atoms with E-state index in [0.29, 0.717) is 18.4 Å². The van der Waals surface area contributed by atoms with E-state index in [4.69, 9.17) is 4.74 Å². The summed E-state index contributed by atoms with van der Waals surface area (Å²) in [5.74, 6) is -0.645. The molecule has 3 nitrogen and oxygen atoms in total. The second kappa shape index (κ2) is 10.8. The summed E-state index contributed by atoms with van der Waals surface area (Å²) < 4.78 is 5.83. The van der Waals surface area contributed by atoms with Gasteiger partial charge in [0.05, 0.1) is 11.5 Å². The summed E-state index contributed by atoms with van der Waals surface area (Å²) in [4.78, 5) is 24.6. The van der Waals surface area contributed by atoms with Crippen LogP contribution in [0, 0.1) is 5.92 Å². The molecule has 3 aromatic rings. The molecule has 0 fully saturated rings. The zero-order chi connectivity index (χ0) is 21.3. The Bertz CT molecular complexity index is 917. The van der Waals surface area contributed by atoms with Gasteiger partial charge in [-0.15, -0.1) is 0 Å². The molecule has 0 unspecified atom stereocenters. The number of esters is 1. The molecule has 2 atom stereocenters. The van der Waals surface area contributed by atoms with E-state index in [0.717, 1.165) is 11.6 Å². The van der Waals surface area contributed by atoms with Crippen LogP contribution >= 0.6 is 7.92 Å². The van der Waals surface area contributed by atoms with Crippen molar-refractivity contribution in [1.82, 2.24) is 0 Å². The van der Waals surface area contributed by atoms with E-state index in [-0.39, 0.29) is 11.9 Å². The molecule has 0 spiro atoms. The molecule has 0 saturated carbocycles. The van der Waals surface area contributed by atoms with E-state index in [1.807, 2.05) is 74.5 Å². The van der Waals surface area contributed by atoms with Gasteiger partial charge in [-0.25, -0.2) is 4.79 Å². The van der Waals surface area contributed by atoms with Gasteiger partial charge in [0.2, 0.25) is 0 Å². The minimum absolute atomic E-state index is 0.282. The maximum absolute atomic E-state index is 13.2. The molecule has 154 valence electrons. The van der Waals surface area contributed by atoms with E-state index >= 15 is 0 Å². The third-order valence-corrected chi connectivity index (χ3v) is 7.68. The molecule has 4 heteroatoms. The highest BCUT2D eigenvalue weighted by Crippen LogP contribution is 2.34. The SMILES string of the molecule is CC[C@@H](C=O)[C@@H](CC)OC(=O)c1ccccc1P(c1ccccc1)c1ccccc1. The van der Waals surface area contributed by atoms with E-state index in [1.54, 1.807) is 0 Å². The lowest BCUT2D eigenvalue weighted by atomic mass is 9.99. The summed E-state index contributed by atoms with van der Waals surface area (Å²) in [6.07, 6.45) is 1.75. The Morgan fingerprint density at radius 3 is 1.87 bits per heavy atom. The van der Waals surface area contributed by atoms with Crippen molar-refractivity contribution in [1.29, 1.82) is 0 Å². The Kier molecular flexibility index (Phi) is 7.93. The minimum atomic E-state index is -0.921. The lowest BCUT2D eigenvalue weighted by molar-refractivity contribution is -0.114. The van der Waals surface area contributed by atoms with Crippen LogP contribution in [-0.4, -0.2) is 18.4 Å². The predicted octanol–water partition coefficient (Wildman–Crippen LogP) is 4.61. The number of rotatable bonds is 9. The Hall–Kier alpha value is -2.77. The van der Waals surface area contributed by atoms with Crippen LogP contribution in [0.4, 0.5) is 0 Å². The molecule has 0 bridgehead atoms. The quantitative estimate of drug-likeness (QED) is 0.290. The second-order valence-corrected chi connectivity index (χ2v) is 9.27. The van der Waals surface area contributed by atoms with Gasteiger partial charge in [-0.2, -0.15) is 0 Å². The van der Waals surface area contributed by atoms with Crippen LogP contribution in [0.3, 0.4) is 0 Å². The fourth-order valence-corrected chi connectivity index (χ4v) is 5.98. The normalized spacial score (nSPS) is 12.9. The lowest BCUT2D eigenvalue weighted by Crippen LogP contribution is -2.30. The molecule has 0 aliphatic heterocycles. The number of ether oxygens (including phenoxy) is 1. The molecule has 0 amide bonds. The first-order chi connectivity index (χ1) is 14.7. The van der Waals surface area contributed by atoms with Gasteiger partial charge in [0.1, 0.15) is 12.4 Å². The summed E-state index contributed by atoms with van der Waals surface area (Å²) >= 11 is 0. The van der Waals surface area contributed by atoms with Crippen LogP contribution < -0.4 is 15.9 Å². The van der Waals surface area contributed by atoms with Gasteiger partial charge in [0.25, 0.3) is 0 Å². The highest BCUT2D eigenvalue weighted by molar-refractivity contribution is 7.80. The fourth-order valence-electron chi connectivity index (χ4n) is 3.54. The Labute approximate surface area is 179 Å². The Morgan fingerprint density at radius 1 is 0.833 bits per heavy atom. The van der Waals surface area contributed by atoms with E-state index in [9.17, 15) is 9.59 Å². The molecule has 0 aliphatic rings. The van der Waals surface area contributed by atoms with Crippen molar-refractivity contribution in [3.8, 4) is 0 Å². The zero-order valence-electron chi connectivity index (χ0n) is 17.4. The second-order valence-electron chi connectivity index (χ2n) is 7.08. The minimum Gasteiger partial charge on any atom is -0.458 e. The first-order valence-electron chi connectivity index (χ1n) is 10.3. The van der Waals surface area contributed by atoms with Crippen molar-refractivity contribution in [2.45, 2.75) is 32.8 Å². The molecule has 0 saturated heterocycles. The summed E-state index contributed by atoms with van der Waals surface area (Å²) in [5.41, 5.74) is 0.565. The molecular weight excluding hydrogens is 391 g/mol. The topological polar surface area (TPSA) is 43.4 Å². The van der Waals surface area contributed by atoms with Crippen LogP contribution in [0.1, 0.15) is 37.0 Å². The van der Waals surface area contributed by atoms with Crippen LogP contribution in [0.5, 0.6) is 0 Å². The van der Waals surface area contributed by atoms with Crippen molar-refractivity contribution in [3.05, 3.63) is 90.5 Å². The monoisotopic (exact) mass is 418 g/mol. The third kappa shape index (κ3) is 5.04. The van der Waals surface area contributed by atoms with Crippen LogP contribution in [0.25, 0.3) is 0 Å². The van der Waals surface area contributed by atoms with Crippen molar-refractivity contribution in [2.75, 3.05) is 0 Å². The largest absolute Gasteiger partial charge is 0.458 e. The van der Waals surface area contributed by atoms with Gasteiger partial charge in [0.15, 0.2) is 0 Å². The van der Waals surface area contributed by atoms with Gasteiger partial charge in [-0.3, -0.25) is 0 Å². The molecule has 0 N–H and O–H groups in total. The number of aldehydes is 1. The Balaban J connectivity index is 2.03. The summed E-state index contributed by atoms with van der Waals surface area (Å²) in [5, 5.41) is 3.31. The highest BCUT2D eigenvalue weighted by atomic mass is 31.1. The fraction of sp³-hybridized carbons (Fsp3) is 0.231. The zero-order valence-corrected chi connectivity index (χ0v) is 18.3. The maximum atomic E-state index is 13.2. The number of carbonyl (C=O) groups excluding carboxylic acids is 2. The maximum Gasteiger partial charge on any atom is 0.339 e. The molecule has 30 heavy (non-hydrogen) atoms. The van der Waals surface area contributed by atoms with Crippen molar-refractivity contribution in [2.24, 2.45) is 5.92 Å². The smallest absolute Gasteiger partial charge is 0.339 e. The standard InChI is InChI=1S/C26H27O3P/c1-3-20(19-27)24(4-2)29-26(28)23-17-11-12-18-25(23)30(21-13-7-5-8-14-21)22-15-9-6-10-16-22/h5-20,24H,3-4H2,1-2H3/t20-,24+/m0/s1. The molecule has 3 aromatic carbocycles. The van der Waals surface area contributed by atoms with Crippen molar-refractivity contribution < 1.29 is 14.3 Å². The number of benzene rings is 3. The highest BCUT2D eigenvalue weighted by Gasteiger charge is 2.27.